The number of anilines is 2. The number of piperazine rings is 1. The standard InChI is InChI=1S/C22H27ClN4O3/c1-22(2,3)15-24-19-14-18(8-9-20(19)27(29)30)25-10-12-26(13-11-25)21(28)16-4-6-17(23)7-5-16/h4-9,14,24H,10-13,15H2,1-3H3. The monoisotopic (exact) mass is 430 g/mol. The molecule has 1 fully saturated rings. The normalized spacial score (nSPS) is 14.5. The highest BCUT2D eigenvalue weighted by atomic mass is 35.5. The van der Waals surface area contributed by atoms with Crippen LogP contribution in [0.15, 0.2) is 42.5 Å². The van der Waals surface area contributed by atoms with E-state index in [2.05, 4.69) is 31.0 Å². The number of amides is 1. The van der Waals surface area contributed by atoms with Crippen LogP contribution in [-0.2, 0) is 0 Å². The van der Waals surface area contributed by atoms with E-state index < -0.39 is 0 Å². The van der Waals surface area contributed by atoms with Gasteiger partial charge in [0.25, 0.3) is 11.6 Å². The molecule has 0 radical (unpaired) electrons. The summed E-state index contributed by atoms with van der Waals surface area (Å²) in [5.74, 6) is -0.0115. The Bertz CT molecular complexity index is 917. The van der Waals surface area contributed by atoms with Crippen LogP contribution in [0.3, 0.4) is 0 Å². The van der Waals surface area contributed by atoms with E-state index >= 15 is 0 Å². The summed E-state index contributed by atoms with van der Waals surface area (Å²) in [6.45, 7) is 9.35. The lowest BCUT2D eigenvalue weighted by atomic mass is 9.97. The molecule has 1 aliphatic rings. The van der Waals surface area contributed by atoms with Crippen LogP contribution in [-0.4, -0.2) is 48.5 Å². The Morgan fingerprint density at radius 1 is 1.10 bits per heavy atom. The molecule has 30 heavy (non-hydrogen) atoms. The third-order valence-corrected chi connectivity index (χ3v) is 5.26. The average molecular weight is 431 g/mol. The van der Waals surface area contributed by atoms with Crippen molar-refractivity contribution < 1.29 is 9.72 Å². The lowest BCUT2D eigenvalue weighted by Crippen LogP contribution is -2.48. The Hall–Kier alpha value is -2.80. The first-order valence-corrected chi connectivity index (χ1v) is 10.3. The van der Waals surface area contributed by atoms with Gasteiger partial charge in [-0.25, -0.2) is 0 Å². The third kappa shape index (κ3) is 5.42. The molecule has 2 aromatic carbocycles. The first kappa shape index (κ1) is 21.9. The number of nitro benzene ring substituents is 1. The van der Waals surface area contributed by atoms with E-state index in [-0.39, 0.29) is 21.9 Å². The Labute approximate surface area is 181 Å². The summed E-state index contributed by atoms with van der Waals surface area (Å²) >= 11 is 5.90. The molecule has 160 valence electrons. The number of halogens is 1. The minimum atomic E-state index is -0.364. The molecule has 1 saturated heterocycles. The van der Waals surface area contributed by atoms with Crippen molar-refractivity contribution in [3.8, 4) is 0 Å². The van der Waals surface area contributed by atoms with Crippen molar-refractivity contribution >= 4 is 34.6 Å². The maximum Gasteiger partial charge on any atom is 0.292 e. The smallest absolute Gasteiger partial charge is 0.292 e. The van der Waals surface area contributed by atoms with Gasteiger partial charge in [0, 0.05) is 55.1 Å². The third-order valence-electron chi connectivity index (χ3n) is 5.01. The molecule has 7 nitrogen and oxygen atoms in total. The molecule has 0 saturated carbocycles. The van der Waals surface area contributed by atoms with Crippen molar-refractivity contribution in [3.05, 3.63) is 63.2 Å². The number of carbonyl (C=O) groups excluding carboxylic acids is 1. The summed E-state index contributed by atoms with van der Waals surface area (Å²) in [6.07, 6.45) is 0. The molecule has 8 heteroatoms. The summed E-state index contributed by atoms with van der Waals surface area (Å²) in [6, 6.07) is 12.1. The number of nitro groups is 1. The fourth-order valence-corrected chi connectivity index (χ4v) is 3.45. The van der Waals surface area contributed by atoms with E-state index in [1.54, 1.807) is 36.4 Å². The van der Waals surface area contributed by atoms with Gasteiger partial charge < -0.3 is 15.1 Å². The molecular formula is C22H27ClN4O3. The second-order valence-electron chi connectivity index (χ2n) is 8.66. The maximum absolute atomic E-state index is 12.7. The largest absolute Gasteiger partial charge is 0.379 e. The molecule has 2 aromatic rings. The van der Waals surface area contributed by atoms with Gasteiger partial charge in [0.15, 0.2) is 0 Å². The SMILES string of the molecule is CC(C)(C)CNc1cc(N2CCN(C(=O)c3ccc(Cl)cc3)CC2)ccc1[N+](=O)[O-]. The molecule has 0 spiro atoms. The quantitative estimate of drug-likeness (QED) is 0.550. The van der Waals surface area contributed by atoms with Crippen LogP contribution in [0.4, 0.5) is 17.1 Å². The van der Waals surface area contributed by atoms with E-state index in [0.717, 1.165) is 5.69 Å². The first-order chi connectivity index (χ1) is 14.1. The predicted octanol–water partition coefficient (Wildman–Crippen LogP) is 4.67. The molecule has 0 aliphatic carbocycles. The molecule has 1 aliphatic heterocycles. The zero-order valence-corrected chi connectivity index (χ0v) is 18.3. The van der Waals surface area contributed by atoms with Crippen molar-refractivity contribution in [1.82, 2.24) is 4.90 Å². The van der Waals surface area contributed by atoms with E-state index in [0.29, 0.717) is 49.0 Å². The van der Waals surface area contributed by atoms with Crippen molar-refractivity contribution in [3.63, 3.8) is 0 Å². The minimum Gasteiger partial charge on any atom is -0.379 e. The molecule has 3 rings (SSSR count). The molecule has 1 N–H and O–H groups in total. The van der Waals surface area contributed by atoms with Crippen LogP contribution >= 0.6 is 11.6 Å². The van der Waals surface area contributed by atoms with Crippen LogP contribution < -0.4 is 10.2 Å². The summed E-state index contributed by atoms with van der Waals surface area (Å²) in [5, 5.41) is 15.2. The molecule has 0 unspecified atom stereocenters. The van der Waals surface area contributed by atoms with Crippen LogP contribution in [0.25, 0.3) is 0 Å². The fourth-order valence-electron chi connectivity index (χ4n) is 3.32. The van der Waals surface area contributed by atoms with Gasteiger partial charge in [-0.15, -0.1) is 0 Å². The number of nitrogens with one attached hydrogen (secondary N) is 1. The number of rotatable bonds is 5. The van der Waals surface area contributed by atoms with Gasteiger partial charge in [-0.1, -0.05) is 32.4 Å². The molecule has 0 bridgehead atoms. The van der Waals surface area contributed by atoms with Crippen molar-refractivity contribution in [2.75, 3.05) is 42.9 Å². The first-order valence-electron chi connectivity index (χ1n) is 9.96. The van der Waals surface area contributed by atoms with E-state index in [4.69, 9.17) is 11.6 Å². The summed E-state index contributed by atoms with van der Waals surface area (Å²) in [5.41, 5.74) is 2.12. The number of benzene rings is 2. The van der Waals surface area contributed by atoms with Gasteiger partial charge >= 0.3 is 0 Å². The lowest BCUT2D eigenvalue weighted by molar-refractivity contribution is -0.384. The maximum atomic E-state index is 12.7. The average Bonchev–Trinajstić information content (AvgIpc) is 2.71. The van der Waals surface area contributed by atoms with Crippen molar-refractivity contribution in [1.29, 1.82) is 0 Å². The lowest BCUT2D eigenvalue weighted by Gasteiger charge is -2.36. The van der Waals surface area contributed by atoms with Crippen molar-refractivity contribution in [2.45, 2.75) is 20.8 Å². The molecule has 1 amide bonds. The molecular weight excluding hydrogens is 404 g/mol. The van der Waals surface area contributed by atoms with Gasteiger partial charge in [-0.05, 0) is 41.8 Å². The number of nitrogens with zero attached hydrogens (tertiary/aromatic N) is 3. The topological polar surface area (TPSA) is 78.7 Å². The predicted molar refractivity (Wildman–Crippen MR) is 121 cm³/mol. The Morgan fingerprint density at radius 2 is 1.73 bits per heavy atom. The zero-order chi connectivity index (χ0) is 21.9. The highest BCUT2D eigenvalue weighted by Crippen LogP contribution is 2.31. The Kier molecular flexibility index (Phi) is 6.51. The second-order valence-corrected chi connectivity index (χ2v) is 9.10. The van der Waals surface area contributed by atoms with Gasteiger partial charge in [-0.2, -0.15) is 0 Å². The summed E-state index contributed by atoms with van der Waals surface area (Å²) in [7, 11) is 0. The minimum absolute atomic E-state index is 0.00245. The Morgan fingerprint density at radius 3 is 2.30 bits per heavy atom. The summed E-state index contributed by atoms with van der Waals surface area (Å²) < 4.78 is 0. The van der Waals surface area contributed by atoms with Gasteiger partial charge in [0.1, 0.15) is 5.69 Å². The second kappa shape index (κ2) is 8.92. The Balaban J connectivity index is 1.69. The van der Waals surface area contributed by atoms with Crippen LogP contribution in [0.2, 0.25) is 5.02 Å². The highest BCUT2D eigenvalue weighted by Gasteiger charge is 2.24. The fraction of sp³-hybridized carbons (Fsp3) is 0.409. The number of carbonyl (C=O) groups is 1. The molecule has 1 heterocycles. The summed E-state index contributed by atoms with van der Waals surface area (Å²) in [4.78, 5) is 27.7. The van der Waals surface area contributed by atoms with Gasteiger partial charge in [-0.3, -0.25) is 14.9 Å². The van der Waals surface area contributed by atoms with E-state index in [9.17, 15) is 14.9 Å². The van der Waals surface area contributed by atoms with Crippen molar-refractivity contribution in [2.24, 2.45) is 5.41 Å². The van der Waals surface area contributed by atoms with Gasteiger partial charge in [0.2, 0.25) is 0 Å². The van der Waals surface area contributed by atoms with Crippen LogP contribution in [0, 0.1) is 15.5 Å². The van der Waals surface area contributed by atoms with E-state index in [1.807, 2.05) is 11.0 Å². The van der Waals surface area contributed by atoms with Crippen LogP contribution in [0.5, 0.6) is 0 Å². The molecule has 0 atom stereocenters. The van der Waals surface area contributed by atoms with Gasteiger partial charge in [0.05, 0.1) is 4.92 Å². The zero-order valence-electron chi connectivity index (χ0n) is 17.5. The number of hydrogen-bond acceptors (Lipinski definition) is 5. The molecule has 0 aromatic heterocycles. The van der Waals surface area contributed by atoms with E-state index in [1.165, 1.54) is 0 Å². The van der Waals surface area contributed by atoms with Crippen LogP contribution in [0.1, 0.15) is 31.1 Å². The number of hydrogen-bond donors (Lipinski definition) is 1. The highest BCUT2D eigenvalue weighted by molar-refractivity contribution is 6.30.